The van der Waals surface area contributed by atoms with Gasteiger partial charge < -0.3 is 10.5 Å². The van der Waals surface area contributed by atoms with Crippen molar-refractivity contribution in [1.29, 1.82) is 0 Å². The van der Waals surface area contributed by atoms with E-state index in [1.54, 1.807) is 6.07 Å². The molecule has 2 aromatic rings. The molecule has 0 saturated carbocycles. The number of hydrogen-bond donors (Lipinski definition) is 1. The minimum atomic E-state index is -0.462. The van der Waals surface area contributed by atoms with Crippen molar-refractivity contribution in [3.63, 3.8) is 0 Å². The Hall–Kier alpha value is -2.00. The van der Waals surface area contributed by atoms with Crippen molar-refractivity contribution in [3.05, 3.63) is 59.5 Å². The third-order valence-corrected chi connectivity index (χ3v) is 3.01. The average molecular weight is 289 g/mol. The van der Waals surface area contributed by atoms with Crippen LogP contribution < -0.4 is 10.5 Å². The molecule has 20 heavy (non-hydrogen) atoms. The average Bonchev–Trinajstić information content (AvgIpc) is 2.41. The minimum absolute atomic E-state index is 0.462. The Kier molecular flexibility index (Phi) is 4.64. The van der Waals surface area contributed by atoms with E-state index in [-0.39, 0.29) is 0 Å². The third kappa shape index (κ3) is 3.52. The Bertz CT molecular complexity index is 608. The summed E-state index contributed by atoms with van der Waals surface area (Å²) in [5.74, 6) is 0.319. The normalized spacial score (nSPS) is 10.3. The lowest BCUT2D eigenvalue weighted by Crippen LogP contribution is -2.11. The van der Waals surface area contributed by atoms with E-state index in [0.717, 1.165) is 22.4 Å². The van der Waals surface area contributed by atoms with Gasteiger partial charge in [0.05, 0.1) is 13.0 Å². The molecule has 0 unspecified atom stereocenters. The highest BCUT2D eigenvalue weighted by Crippen LogP contribution is 2.32. The maximum atomic E-state index is 10.8. The second-order valence-electron chi connectivity index (χ2n) is 4.24. The molecule has 1 radical (unpaired) electrons. The van der Waals surface area contributed by atoms with Gasteiger partial charge in [0.15, 0.2) is 0 Å². The van der Waals surface area contributed by atoms with Crippen LogP contribution in [0.4, 0.5) is 0 Å². The predicted octanol–water partition coefficient (Wildman–Crippen LogP) is 3.44. The second kappa shape index (κ2) is 6.44. The Balaban J connectivity index is 2.35. The molecule has 0 saturated heterocycles. The van der Waals surface area contributed by atoms with Crippen LogP contribution in [0, 0.1) is 6.42 Å². The first-order valence-corrected chi connectivity index (χ1v) is 6.65. The number of nitrogens with two attached hydrogens (primary N) is 1. The molecule has 103 valence electrons. The molecule has 0 aliphatic carbocycles. The predicted molar refractivity (Wildman–Crippen MR) is 80.7 cm³/mol. The lowest BCUT2D eigenvalue weighted by atomic mass is 10.0. The van der Waals surface area contributed by atoms with Gasteiger partial charge in [-0.25, -0.2) is 0 Å². The summed E-state index contributed by atoms with van der Waals surface area (Å²) >= 11 is 6.04. The monoisotopic (exact) mass is 288 g/mol. The zero-order chi connectivity index (χ0) is 14.5. The Morgan fingerprint density at radius 2 is 1.95 bits per heavy atom. The molecule has 3 nitrogen and oxygen atoms in total. The Labute approximate surface area is 123 Å². The van der Waals surface area contributed by atoms with Gasteiger partial charge >= 0.3 is 0 Å². The fourth-order valence-electron chi connectivity index (χ4n) is 1.93. The molecule has 0 aliphatic heterocycles. The van der Waals surface area contributed by atoms with Crippen molar-refractivity contribution >= 4 is 17.5 Å². The second-order valence-corrected chi connectivity index (χ2v) is 4.68. The summed E-state index contributed by atoms with van der Waals surface area (Å²) in [6.07, 6.45) is 1.38. The number of carbonyl (C=O) groups excluding carboxylic acids is 1. The first-order chi connectivity index (χ1) is 9.60. The number of halogens is 1. The molecule has 0 aromatic heterocycles. The zero-order valence-electron chi connectivity index (χ0n) is 11.1. The Morgan fingerprint density at radius 1 is 1.25 bits per heavy atom. The molecule has 4 heteroatoms. The van der Waals surface area contributed by atoms with E-state index < -0.39 is 5.91 Å². The van der Waals surface area contributed by atoms with Crippen molar-refractivity contribution in [2.45, 2.75) is 6.92 Å². The zero-order valence-corrected chi connectivity index (χ0v) is 11.9. The lowest BCUT2D eigenvalue weighted by Gasteiger charge is -2.11. The molecule has 0 atom stereocenters. The Morgan fingerprint density at radius 3 is 2.55 bits per heavy atom. The van der Waals surface area contributed by atoms with Gasteiger partial charge in [0, 0.05) is 10.6 Å². The molecule has 0 fully saturated rings. The maximum absolute atomic E-state index is 10.8. The number of benzene rings is 2. The van der Waals surface area contributed by atoms with Crippen LogP contribution in [-0.4, -0.2) is 12.5 Å². The van der Waals surface area contributed by atoms with E-state index in [4.69, 9.17) is 22.1 Å². The summed E-state index contributed by atoms with van der Waals surface area (Å²) in [5, 5.41) is 0.649. The SMILES string of the molecule is CCOc1ccc(Cl)cc1-c1ccc([CH]C(N)=O)cc1. The number of primary amides is 1. The van der Waals surface area contributed by atoms with Crippen molar-refractivity contribution in [2.75, 3.05) is 6.61 Å². The van der Waals surface area contributed by atoms with Crippen LogP contribution >= 0.6 is 11.6 Å². The number of carbonyl (C=O) groups is 1. The van der Waals surface area contributed by atoms with Gasteiger partial charge in [-0.3, -0.25) is 4.79 Å². The third-order valence-electron chi connectivity index (χ3n) is 2.77. The fourth-order valence-corrected chi connectivity index (χ4v) is 2.10. The molecule has 1 amide bonds. The van der Waals surface area contributed by atoms with Gasteiger partial charge in [0.2, 0.25) is 5.91 Å². The van der Waals surface area contributed by atoms with Crippen molar-refractivity contribution in [1.82, 2.24) is 0 Å². The highest BCUT2D eigenvalue weighted by Gasteiger charge is 2.08. The molecule has 2 rings (SSSR count). The molecular formula is C16H15ClNO2. The van der Waals surface area contributed by atoms with Crippen LogP contribution in [0.2, 0.25) is 5.02 Å². The van der Waals surface area contributed by atoms with Gasteiger partial charge in [-0.1, -0.05) is 35.9 Å². The molecule has 0 aliphatic rings. The molecule has 0 bridgehead atoms. The first-order valence-electron chi connectivity index (χ1n) is 6.27. The molecule has 0 heterocycles. The molecule has 0 spiro atoms. The number of amides is 1. The van der Waals surface area contributed by atoms with Crippen molar-refractivity contribution in [2.24, 2.45) is 5.73 Å². The van der Waals surface area contributed by atoms with Crippen molar-refractivity contribution < 1.29 is 9.53 Å². The maximum Gasteiger partial charge on any atom is 0.226 e. The molecular weight excluding hydrogens is 274 g/mol. The smallest absolute Gasteiger partial charge is 0.226 e. The summed E-state index contributed by atoms with van der Waals surface area (Å²) in [4.78, 5) is 10.8. The standard InChI is InChI=1S/C16H15ClNO2/c1-2-20-15-8-7-13(17)10-14(15)12-5-3-11(4-6-12)9-16(18)19/h3-10H,2H2,1H3,(H2,18,19). The van der Waals surface area contributed by atoms with Gasteiger partial charge in [-0.2, -0.15) is 0 Å². The van der Waals surface area contributed by atoms with Crippen LogP contribution in [0.5, 0.6) is 5.75 Å². The highest BCUT2D eigenvalue weighted by atomic mass is 35.5. The van der Waals surface area contributed by atoms with Gasteiger partial charge in [0.25, 0.3) is 0 Å². The van der Waals surface area contributed by atoms with E-state index in [0.29, 0.717) is 11.6 Å². The fraction of sp³-hybridized carbons (Fsp3) is 0.125. The van der Waals surface area contributed by atoms with Crippen LogP contribution in [0.25, 0.3) is 11.1 Å². The highest BCUT2D eigenvalue weighted by molar-refractivity contribution is 6.31. The number of rotatable bonds is 5. The van der Waals surface area contributed by atoms with Crippen LogP contribution in [0.15, 0.2) is 42.5 Å². The summed E-state index contributed by atoms with van der Waals surface area (Å²) in [6.45, 7) is 2.52. The minimum Gasteiger partial charge on any atom is -0.493 e. The molecule has 2 N–H and O–H groups in total. The first kappa shape index (κ1) is 14.4. The largest absolute Gasteiger partial charge is 0.493 e. The summed E-state index contributed by atoms with van der Waals surface area (Å²) in [7, 11) is 0. The number of hydrogen-bond acceptors (Lipinski definition) is 2. The van der Waals surface area contributed by atoms with Gasteiger partial charge in [-0.15, -0.1) is 0 Å². The van der Waals surface area contributed by atoms with E-state index in [1.807, 2.05) is 43.3 Å². The van der Waals surface area contributed by atoms with Gasteiger partial charge in [0.1, 0.15) is 5.75 Å². The van der Waals surface area contributed by atoms with Crippen LogP contribution in [0.3, 0.4) is 0 Å². The van der Waals surface area contributed by atoms with Crippen LogP contribution in [-0.2, 0) is 4.79 Å². The summed E-state index contributed by atoms with van der Waals surface area (Å²) in [6, 6.07) is 13.0. The quantitative estimate of drug-likeness (QED) is 0.916. The lowest BCUT2D eigenvalue weighted by molar-refractivity contribution is -0.114. The van der Waals surface area contributed by atoms with Crippen LogP contribution in [0.1, 0.15) is 12.5 Å². The van der Waals surface area contributed by atoms with E-state index >= 15 is 0 Å². The topological polar surface area (TPSA) is 52.3 Å². The van der Waals surface area contributed by atoms with E-state index in [9.17, 15) is 4.79 Å². The van der Waals surface area contributed by atoms with Crippen molar-refractivity contribution in [3.8, 4) is 16.9 Å². The molecule has 2 aromatic carbocycles. The van der Waals surface area contributed by atoms with Gasteiger partial charge in [-0.05, 0) is 36.2 Å². The van der Waals surface area contributed by atoms with E-state index in [2.05, 4.69) is 0 Å². The van der Waals surface area contributed by atoms with E-state index in [1.165, 1.54) is 6.42 Å². The summed E-state index contributed by atoms with van der Waals surface area (Å²) in [5.41, 5.74) is 7.78. The summed E-state index contributed by atoms with van der Waals surface area (Å²) < 4.78 is 5.60. The number of ether oxygens (including phenoxy) is 1.